The summed E-state index contributed by atoms with van der Waals surface area (Å²) in [7, 11) is -4.14. The van der Waals surface area contributed by atoms with Crippen molar-refractivity contribution in [3.8, 4) is 0 Å². The van der Waals surface area contributed by atoms with E-state index in [0.29, 0.717) is 16.3 Å². The highest BCUT2D eigenvalue weighted by Crippen LogP contribution is 2.29. The van der Waals surface area contributed by atoms with Gasteiger partial charge >= 0.3 is 0 Å². The van der Waals surface area contributed by atoms with Gasteiger partial charge in [-0.05, 0) is 82.5 Å². The van der Waals surface area contributed by atoms with Gasteiger partial charge in [0.05, 0.1) is 10.6 Å². The van der Waals surface area contributed by atoms with E-state index in [2.05, 4.69) is 5.32 Å². The number of sulfonamides is 1. The van der Waals surface area contributed by atoms with Crippen molar-refractivity contribution in [2.75, 3.05) is 10.8 Å². The van der Waals surface area contributed by atoms with Crippen molar-refractivity contribution in [1.82, 2.24) is 10.2 Å². The van der Waals surface area contributed by atoms with Crippen molar-refractivity contribution in [2.24, 2.45) is 0 Å². The molecule has 0 radical (unpaired) electrons. The molecule has 0 unspecified atom stereocenters. The molecular weight excluding hydrogens is 546 g/mol. The summed E-state index contributed by atoms with van der Waals surface area (Å²) in [6.07, 6.45) is 0.739. The lowest BCUT2D eigenvalue weighted by Gasteiger charge is -2.33. The molecule has 3 aromatic carbocycles. The third-order valence-electron chi connectivity index (χ3n) is 6.96. The molecule has 0 saturated heterocycles. The van der Waals surface area contributed by atoms with E-state index in [1.54, 1.807) is 44.2 Å². The highest BCUT2D eigenvalue weighted by Gasteiger charge is 2.33. The van der Waals surface area contributed by atoms with Gasteiger partial charge in [0.25, 0.3) is 10.0 Å². The Morgan fingerprint density at radius 2 is 1.48 bits per heavy atom. The molecule has 40 heavy (non-hydrogen) atoms. The molecule has 1 N–H and O–H groups in total. The SMILES string of the molecule is CC[C@H](C)NC(=O)[C@@H](C)N(Cc1ccc(C)cc1)C(=O)CN(c1ccc(Cl)cc1C)S(=O)(=O)c1ccc(C)cc1. The van der Waals surface area contributed by atoms with Crippen molar-refractivity contribution in [3.63, 3.8) is 0 Å². The number of aryl methyl sites for hydroxylation is 3. The average Bonchev–Trinajstić information content (AvgIpc) is 2.91. The Balaban J connectivity index is 2.05. The predicted octanol–water partition coefficient (Wildman–Crippen LogP) is 5.79. The van der Waals surface area contributed by atoms with Crippen LogP contribution in [0.2, 0.25) is 5.02 Å². The van der Waals surface area contributed by atoms with E-state index in [9.17, 15) is 18.0 Å². The third kappa shape index (κ3) is 7.64. The highest BCUT2D eigenvalue weighted by molar-refractivity contribution is 7.92. The Kier molecular flexibility index (Phi) is 10.4. The van der Waals surface area contributed by atoms with Gasteiger partial charge in [0.2, 0.25) is 11.8 Å². The Hall–Kier alpha value is -3.36. The minimum absolute atomic E-state index is 0.0629. The van der Waals surface area contributed by atoms with E-state index in [4.69, 9.17) is 11.6 Å². The maximum Gasteiger partial charge on any atom is 0.264 e. The Morgan fingerprint density at radius 1 is 0.900 bits per heavy atom. The Morgan fingerprint density at radius 3 is 2.02 bits per heavy atom. The van der Waals surface area contributed by atoms with E-state index < -0.39 is 28.5 Å². The van der Waals surface area contributed by atoms with Crippen molar-refractivity contribution < 1.29 is 18.0 Å². The van der Waals surface area contributed by atoms with Crippen LogP contribution in [-0.2, 0) is 26.2 Å². The molecule has 0 aliphatic heterocycles. The van der Waals surface area contributed by atoms with Gasteiger partial charge in [-0.15, -0.1) is 0 Å². The largest absolute Gasteiger partial charge is 0.352 e. The van der Waals surface area contributed by atoms with Gasteiger partial charge in [0, 0.05) is 17.6 Å². The van der Waals surface area contributed by atoms with Crippen LogP contribution in [0.5, 0.6) is 0 Å². The molecule has 2 atom stereocenters. The molecule has 3 rings (SSSR count). The number of benzene rings is 3. The van der Waals surface area contributed by atoms with Gasteiger partial charge in [0.15, 0.2) is 0 Å². The summed E-state index contributed by atoms with van der Waals surface area (Å²) in [6, 6.07) is 18.1. The fraction of sp³-hybridized carbons (Fsp3) is 0.355. The van der Waals surface area contributed by atoms with Gasteiger partial charge < -0.3 is 10.2 Å². The number of rotatable bonds is 11. The monoisotopic (exact) mass is 583 g/mol. The summed E-state index contributed by atoms with van der Waals surface area (Å²) in [6.45, 7) is 10.8. The predicted molar refractivity (Wildman–Crippen MR) is 161 cm³/mol. The zero-order valence-corrected chi connectivity index (χ0v) is 25.5. The molecule has 0 fully saturated rings. The second-order valence-corrected chi connectivity index (χ2v) is 12.6. The quantitative estimate of drug-likeness (QED) is 0.309. The molecule has 0 bridgehead atoms. The van der Waals surface area contributed by atoms with Gasteiger partial charge in [-0.2, -0.15) is 0 Å². The summed E-state index contributed by atoms with van der Waals surface area (Å²) in [5.41, 5.74) is 3.75. The summed E-state index contributed by atoms with van der Waals surface area (Å²) in [4.78, 5) is 28.7. The first-order chi connectivity index (χ1) is 18.8. The van der Waals surface area contributed by atoms with Crippen LogP contribution in [0.25, 0.3) is 0 Å². The van der Waals surface area contributed by atoms with Crippen LogP contribution < -0.4 is 9.62 Å². The Bertz CT molecular complexity index is 1440. The van der Waals surface area contributed by atoms with Gasteiger partial charge in [-0.25, -0.2) is 8.42 Å². The van der Waals surface area contributed by atoms with Crippen molar-refractivity contribution in [1.29, 1.82) is 0 Å². The lowest BCUT2D eigenvalue weighted by molar-refractivity contribution is -0.139. The molecular formula is C31H38ClN3O4S. The van der Waals surface area contributed by atoms with Gasteiger partial charge in [-0.1, -0.05) is 66.0 Å². The lowest BCUT2D eigenvalue weighted by Crippen LogP contribution is -2.52. The summed E-state index contributed by atoms with van der Waals surface area (Å²) in [5.74, 6) is -0.803. The molecule has 0 aliphatic carbocycles. The summed E-state index contributed by atoms with van der Waals surface area (Å²) in [5, 5.41) is 3.40. The smallest absolute Gasteiger partial charge is 0.264 e. The minimum Gasteiger partial charge on any atom is -0.352 e. The van der Waals surface area contributed by atoms with Crippen molar-refractivity contribution in [2.45, 2.75) is 71.5 Å². The van der Waals surface area contributed by atoms with Crippen LogP contribution in [-0.4, -0.2) is 43.8 Å². The number of hydrogen-bond acceptors (Lipinski definition) is 4. The number of nitrogens with zero attached hydrogens (tertiary/aromatic N) is 2. The summed E-state index contributed by atoms with van der Waals surface area (Å²) < 4.78 is 29.0. The zero-order valence-electron chi connectivity index (χ0n) is 23.9. The van der Waals surface area contributed by atoms with E-state index in [0.717, 1.165) is 27.4 Å². The third-order valence-corrected chi connectivity index (χ3v) is 8.97. The second-order valence-electron chi connectivity index (χ2n) is 10.3. The number of amides is 2. The maximum absolute atomic E-state index is 14.0. The molecule has 3 aromatic rings. The molecule has 214 valence electrons. The Labute approximate surface area is 243 Å². The normalized spacial score (nSPS) is 12.9. The lowest BCUT2D eigenvalue weighted by atomic mass is 10.1. The standard InChI is InChI=1S/C31H38ClN3O4S/c1-7-24(5)33-31(37)25(6)34(19-26-12-8-21(2)9-13-26)30(36)20-35(29-17-14-27(32)18-23(29)4)40(38,39)28-15-10-22(3)11-16-28/h8-18,24-25H,7,19-20H2,1-6H3,(H,33,37)/t24-,25+/m0/s1. The van der Waals surface area contributed by atoms with E-state index in [1.807, 2.05) is 52.0 Å². The number of carbonyl (C=O) groups is 2. The number of carbonyl (C=O) groups excluding carboxylic acids is 2. The molecule has 7 nitrogen and oxygen atoms in total. The first-order valence-electron chi connectivity index (χ1n) is 13.3. The number of nitrogens with one attached hydrogen (secondary N) is 1. The van der Waals surface area contributed by atoms with Crippen LogP contribution in [0.3, 0.4) is 0 Å². The van der Waals surface area contributed by atoms with Crippen molar-refractivity contribution in [3.05, 3.63) is 94.0 Å². The molecule has 0 aliphatic rings. The molecule has 9 heteroatoms. The topological polar surface area (TPSA) is 86.8 Å². The van der Waals surface area contributed by atoms with E-state index in [-0.39, 0.29) is 23.4 Å². The highest BCUT2D eigenvalue weighted by atomic mass is 35.5. The van der Waals surface area contributed by atoms with Crippen LogP contribution in [0.1, 0.15) is 49.4 Å². The molecule has 0 saturated carbocycles. The number of hydrogen-bond donors (Lipinski definition) is 1. The minimum atomic E-state index is -4.14. The fourth-order valence-electron chi connectivity index (χ4n) is 4.19. The van der Waals surface area contributed by atoms with Crippen molar-refractivity contribution >= 4 is 39.1 Å². The van der Waals surface area contributed by atoms with E-state index in [1.165, 1.54) is 17.0 Å². The van der Waals surface area contributed by atoms with Crippen LogP contribution in [0, 0.1) is 20.8 Å². The van der Waals surface area contributed by atoms with Gasteiger partial charge in [0.1, 0.15) is 12.6 Å². The molecule has 2 amide bonds. The number of halogens is 1. The second kappa shape index (κ2) is 13.3. The average molecular weight is 584 g/mol. The van der Waals surface area contributed by atoms with Crippen LogP contribution in [0.15, 0.2) is 71.6 Å². The van der Waals surface area contributed by atoms with Crippen LogP contribution in [0.4, 0.5) is 5.69 Å². The molecule has 0 heterocycles. The molecule has 0 spiro atoms. The first kappa shape index (κ1) is 31.2. The number of anilines is 1. The van der Waals surface area contributed by atoms with E-state index >= 15 is 0 Å². The van der Waals surface area contributed by atoms with Crippen LogP contribution >= 0.6 is 11.6 Å². The zero-order chi connectivity index (χ0) is 29.6. The first-order valence-corrected chi connectivity index (χ1v) is 15.2. The summed E-state index contributed by atoms with van der Waals surface area (Å²) >= 11 is 6.17. The van der Waals surface area contributed by atoms with Gasteiger partial charge in [-0.3, -0.25) is 13.9 Å². The fourth-order valence-corrected chi connectivity index (χ4v) is 5.89. The maximum atomic E-state index is 14.0. The molecule has 0 aromatic heterocycles.